The smallest absolute Gasteiger partial charge is 0.355 e. The summed E-state index contributed by atoms with van der Waals surface area (Å²) in [4.78, 5) is 15.8. The molecule has 3 aromatic rings. The van der Waals surface area contributed by atoms with Gasteiger partial charge in [0.1, 0.15) is 5.69 Å². The molecule has 0 unspecified atom stereocenters. The van der Waals surface area contributed by atoms with Crippen LogP contribution in [0.25, 0.3) is 0 Å². The predicted molar refractivity (Wildman–Crippen MR) is 134 cm³/mol. The fraction of sp³-hybridized carbons (Fsp3) is 0.370. The van der Waals surface area contributed by atoms with Crippen LogP contribution in [-0.4, -0.2) is 30.3 Å². The summed E-state index contributed by atoms with van der Waals surface area (Å²) in [6.07, 6.45) is 0. The lowest BCUT2D eigenvalue weighted by Crippen LogP contribution is -2.31. The standard InChI is InChI=1S/C27H34N2O4S/c1-8-33-27(30)25-21(6)24(22(7)28-25)16-29(15-23-11-9-17(2)10-12-23)34(31,32)26-19(4)13-18(3)14-20(26)5/h9-14,28H,8,15-16H2,1-7H3. The van der Waals surface area contributed by atoms with Gasteiger partial charge in [0.25, 0.3) is 0 Å². The first-order valence-electron chi connectivity index (χ1n) is 11.4. The number of sulfonamides is 1. The van der Waals surface area contributed by atoms with Crippen LogP contribution in [0.5, 0.6) is 0 Å². The number of hydrogen-bond donors (Lipinski definition) is 1. The SMILES string of the molecule is CCOC(=O)c1[nH]c(C)c(CN(Cc2ccc(C)cc2)S(=O)(=O)c2c(C)cc(C)cc2C)c1C. The molecule has 3 rings (SSSR count). The zero-order valence-corrected chi connectivity index (χ0v) is 21.9. The van der Waals surface area contributed by atoms with Gasteiger partial charge in [-0.3, -0.25) is 0 Å². The van der Waals surface area contributed by atoms with E-state index in [9.17, 15) is 13.2 Å². The second-order valence-corrected chi connectivity index (χ2v) is 10.8. The number of benzene rings is 2. The number of nitrogens with one attached hydrogen (secondary N) is 1. The molecular formula is C27H34N2O4S. The lowest BCUT2D eigenvalue weighted by Gasteiger charge is -2.25. The molecule has 0 aliphatic heterocycles. The van der Waals surface area contributed by atoms with E-state index in [-0.39, 0.29) is 19.7 Å². The van der Waals surface area contributed by atoms with Crippen LogP contribution >= 0.6 is 0 Å². The van der Waals surface area contributed by atoms with Crippen molar-refractivity contribution in [2.45, 2.75) is 66.5 Å². The third-order valence-electron chi connectivity index (χ3n) is 6.09. The van der Waals surface area contributed by atoms with Crippen LogP contribution in [0.2, 0.25) is 0 Å². The van der Waals surface area contributed by atoms with Gasteiger partial charge in [-0.2, -0.15) is 4.31 Å². The van der Waals surface area contributed by atoms with Crippen molar-refractivity contribution < 1.29 is 17.9 Å². The highest BCUT2D eigenvalue weighted by atomic mass is 32.2. The maximum Gasteiger partial charge on any atom is 0.355 e. The Kier molecular flexibility index (Phi) is 7.68. The highest BCUT2D eigenvalue weighted by Gasteiger charge is 2.30. The van der Waals surface area contributed by atoms with Gasteiger partial charge in [0, 0.05) is 18.8 Å². The largest absolute Gasteiger partial charge is 0.461 e. The van der Waals surface area contributed by atoms with Crippen LogP contribution in [0, 0.1) is 41.5 Å². The van der Waals surface area contributed by atoms with Gasteiger partial charge in [-0.25, -0.2) is 13.2 Å². The van der Waals surface area contributed by atoms with Crippen LogP contribution in [0.1, 0.15) is 62.1 Å². The van der Waals surface area contributed by atoms with E-state index in [1.54, 1.807) is 6.92 Å². The molecule has 1 N–H and O–H groups in total. The maximum absolute atomic E-state index is 14.1. The molecule has 0 bridgehead atoms. The van der Waals surface area contributed by atoms with Gasteiger partial charge in [-0.1, -0.05) is 47.5 Å². The molecule has 182 valence electrons. The number of H-pyrrole nitrogens is 1. The van der Waals surface area contributed by atoms with E-state index in [1.807, 2.05) is 77.9 Å². The number of rotatable bonds is 8. The van der Waals surface area contributed by atoms with E-state index < -0.39 is 16.0 Å². The summed E-state index contributed by atoms with van der Waals surface area (Å²) < 4.78 is 34.8. The fourth-order valence-electron chi connectivity index (χ4n) is 4.44. The van der Waals surface area contributed by atoms with Crippen molar-refractivity contribution in [2.75, 3.05) is 6.61 Å². The Morgan fingerprint density at radius 2 is 1.50 bits per heavy atom. The van der Waals surface area contributed by atoms with Gasteiger partial charge in [0.05, 0.1) is 11.5 Å². The zero-order valence-electron chi connectivity index (χ0n) is 21.1. The summed E-state index contributed by atoms with van der Waals surface area (Å²) >= 11 is 0. The van der Waals surface area contributed by atoms with E-state index in [4.69, 9.17) is 4.74 Å². The van der Waals surface area contributed by atoms with Crippen molar-refractivity contribution in [1.29, 1.82) is 0 Å². The Hall–Kier alpha value is -2.90. The quantitative estimate of drug-likeness (QED) is 0.434. The van der Waals surface area contributed by atoms with Gasteiger partial charge in [0.2, 0.25) is 10.0 Å². The number of esters is 1. The average molecular weight is 483 g/mol. The molecule has 34 heavy (non-hydrogen) atoms. The first-order valence-corrected chi connectivity index (χ1v) is 12.9. The number of aryl methyl sites for hydroxylation is 5. The molecule has 6 nitrogen and oxygen atoms in total. The van der Waals surface area contributed by atoms with E-state index in [0.717, 1.165) is 39.1 Å². The second kappa shape index (κ2) is 10.2. The minimum absolute atomic E-state index is 0.135. The van der Waals surface area contributed by atoms with E-state index in [0.29, 0.717) is 16.2 Å². The van der Waals surface area contributed by atoms with E-state index >= 15 is 0 Å². The normalized spacial score (nSPS) is 11.8. The topological polar surface area (TPSA) is 79.5 Å². The summed E-state index contributed by atoms with van der Waals surface area (Å²) in [5.74, 6) is -0.437. The van der Waals surface area contributed by atoms with E-state index in [1.165, 1.54) is 4.31 Å². The molecule has 1 heterocycles. The summed E-state index contributed by atoms with van der Waals surface area (Å²) in [6.45, 7) is 13.7. The average Bonchev–Trinajstić information content (AvgIpc) is 3.02. The lowest BCUT2D eigenvalue weighted by molar-refractivity contribution is 0.0519. The van der Waals surface area contributed by atoms with Crippen LogP contribution in [0.3, 0.4) is 0 Å². The maximum atomic E-state index is 14.1. The van der Waals surface area contributed by atoms with E-state index in [2.05, 4.69) is 4.98 Å². The van der Waals surface area contributed by atoms with Crippen LogP contribution in [0.4, 0.5) is 0 Å². The van der Waals surface area contributed by atoms with Gasteiger partial charge in [-0.15, -0.1) is 0 Å². The van der Waals surface area contributed by atoms with Gasteiger partial charge in [-0.05, 0) is 76.3 Å². The lowest BCUT2D eigenvalue weighted by atomic mass is 10.1. The second-order valence-electron chi connectivity index (χ2n) is 8.94. The monoisotopic (exact) mass is 482 g/mol. The van der Waals surface area contributed by atoms with Crippen molar-refractivity contribution >= 4 is 16.0 Å². The Morgan fingerprint density at radius 3 is 2.06 bits per heavy atom. The third kappa shape index (κ3) is 5.26. The number of aromatic amines is 1. The van der Waals surface area contributed by atoms with Crippen LogP contribution in [-0.2, 0) is 27.8 Å². The summed E-state index contributed by atoms with van der Waals surface area (Å²) in [5, 5.41) is 0. The van der Waals surface area contributed by atoms with Gasteiger partial charge >= 0.3 is 5.97 Å². The predicted octanol–water partition coefficient (Wildman–Crippen LogP) is 5.43. The highest BCUT2D eigenvalue weighted by molar-refractivity contribution is 7.89. The van der Waals surface area contributed by atoms with Gasteiger partial charge in [0.15, 0.2) is 0 Å². The number of carbonyl (C=O) groups excluding carboxylic acids is 1. The molecule has 7 heteroatoms. The molecule has 0 radical (unpaired) electrons. The van der Waals surface area contributed by atoms with Crippen molar-refractivity contribution in [3.05, 3.63) is 86.7 Å². The van der Waals surface area contributed by atoms with Crippen molar-refractivity contribution in [1.82, 2.24) is 9.29 Å². The Labute approximate surface area is 203 Å². The molecule has 0 amide bonds. The molecule has 0 aliphatic carbocycles. The molecular weight excluding hydrogens is 448 g/mol. The van der Waals surface area contributed by atoms with Crippen LogP contribution < -0.4 is 0 Å². The molecule has 0 aliphatic rings. The van der Waals surface area contributed by atoms with Crippen LogP contribution in [0.15, 0.2) is 41.3 Å². The molecule has 2 aromatic carbocycles. The van der Waals surface area contributed by atoms with Crippen molar-refractivity contribution in [2.24, 2.45) is 0 Å². The first-order chi connectivity index (χ1) is 15.9. The molecule has 0 fully saturated rings. The molecule has 1 aromatic heterocycles. The molecule has 0 atom stereocenters. The fourth-order valence-corrected chi connectivity index (χ4v) is 6.24. The Balaban J connectivity index is 2.11. The zero-order chi connectivity index (χ0) is 25.2. The molecule has 0 saturated carbocycles. The van der Waals surface area contributed by atoms with Crippen molar-refractivity contribution in [3.8, 4) is 0 Å². The first kappa shape index (κ1) is 25.7. The third-order valence-corrected chi connectivity index (χ3v) is 8.19. The summed E-state index contributed by atoms with van der Waals surface area (Å²) in [6, 6.07) is 11.7. The molecule has 0 spiro atoms. The number of aromatic nitrogens is 1. The number of carbonyl (C=O) groups is 1. The minimum atomic E-state index is -3.84. The Bertz CT molecular complexity index is 1280. The number of hydrogen-bond acceptors (Lipinski definition) is 4. The van der Waals surface area contributed by atoms with Crippen molar-refractivity contribution in [3.63, 3.8) is 0 Å². The number of ether oxygens (including phenoxy) is 1. The number of nitrogens with zero attached hydrogens (tertiary/aromatic N) is 1. The summed E-state index contributed by atoms with van der Waals surface area (Å²) in [7, 11) is -3.84. The molecule has 0 saturated heterocycles. The highest BCUT2D eigenvalue weighted by Crippen LogP contribution is 2.30. The Morgan fingerprint density at radius 1 is 0.912 bits per heavy atom. The minimum Gasteiger partial charge on any atom is -0.461 e. The van der Waals surface area contributed by atoms with Gasteiger partial charge < -0.3 is 9.72 Å². The summed E-state index contributed by atoms with van der Waals surface area (Å²) in [5.41, 5.74) is 7.08.